The van der Waals surface area contributed by atoms with Crippen LogP contribution in [0.4, 0.5) is 5.69 Å². The first-order valence-corrected chi connectivity index (χ1v) is 5.88. The zero-order valence-electron chi connectivity index (χ0n) is 9.93. The molecule has 1 aliphatic heterocycles. The first-order chi connectivity index (χ1) is 8.18. The van der Waals surface area contributed by atoms with Gasteiger partial charge in [0.15, 0.2) is 0 Å². The van der Waals surface area contributed by atoms with E-state index in [0.717, 1.165) is 24.4 Å². The Balaban J connectivity index is 2.20. The van der Waals surface area contributed by atoms with Crippen LogP contribution in [-0.4, -0.2) is 30.8 Å². The Kier molecular flexibility index (Phi) is 3.52. The summed E-state index contributed by atoms with van der Waals surface area (Å²) in [6.07, 6.45) is 0.918. The molecule has 1 unspecified atom stereocenters. The van der Waals surface area contributed by atoms with Gasteiger partial charge in [-0.3, -0.25) is 4.79 Å². The molecule has 0 saturated heterocycles. The first kappa shape index (κ1) is 11.8. The average molecular weight is 235 g/mol. The van der Waals surface area contributed by atoms with Crippen molar-refractivity contribution in [3.8, 4) is 5.75 Å². The molecule has 1 aliphatic rings. The lowest BCUT2D eigenvalue weighted by molar-refractivity contribution is -0.140. The smallest absolute Gasteiger partial charge is 0.308 e. The molecule has 0 spiro atoms. The lowest BCUT2D eigenvalue weighted by atomic mass is 10.1. The van der Waals surface area contributed by atoms with Crippen molar-refractivity contribution in [2.24, 2.45) is 5.92 Å². The highest BCUT2D eigenvalue weighted by molar-refractivity contribution is 5.71. The van der Waals surface area contributed by atoms with Crippen molar-refractivity contribution in [2.75, 3.05) is 24.6 Å². The summed E-state index contributed by atoms with van der Waals surface area (Å²) in [7, 11) is 0. The lowest BCUT2D eigenvalue weighted by Gasteiger charge is -2.25. The van der Waals surface area contributed by atoms with Crippen LogP contribution in [0.15, 0.2) is 24.3 Å². The molecule has 1 aromatic carbocycles. The summed E-state index contributed by atoms with van der Waals surface area (Å²) in [5.74, 6) is -0.281. The summed E-state index contributed by atoms with van der Waals surface area (Å²) in [4.78, 5) is 13.0. The molecule has 0 fully saturated rings. The van der Waals surface area contributed by atoms with Gasteiger partial charge in [0.05, 0.1) is 18.2 Å². The van der Waals surface area contributed by atoms with E-state index >= 15 is 0 Å². The number of fused-ring (bicyclic) bond motifs is 1. The summed E-state index contributed by atoms with van der Waals surface area (Å²) in [5, 5.41) is 8.97. The van der Waals surface area contributed by atoms with Gasteiger partial charge in [-0.15, -0.1) is 0 Å². The Labute approximate surface area is 101 Å². The number of carboxylic acid groups (broad SMARTS) is 1. The van der Waals surface area contributed by atoms with Gasteiger partial charge in [0.25, 0.3) is 0 Å². The molecule has 0 bridgehead atoms. The quantitative estimate of drug-likeness (QED) is 0.870. The fourth-order valence-electron chi connectivity index (χ4n) is 2.00. The molecule has 1 atom stereocenters. The fraction of sp³-hybridized carbons (Fsp3) is 0.462. The van der Waals surface area contributed by atoms with E-state index in [0.29, 0.717) is 13.2 Å². The molecule has 4 nitrogen and oxygen atoms in total. The number of hydrogen-bond donors (Lipinski definition) is 1. The van der Waals surface area contributed by atoms with Gasteiger partial charge in [-0.05, 0) is 18.6 Å². The Morgan fingerprint density at radius 1 is 1.53 bits per heavy atom. The number of ether oxygens (including phenoxy) is 1. The van der Waals surface area contributed by atoms with Crippen molar-refractivity contribution in [3.05, 3.63) is 24.3 Å². The van der Waals surface area contributed by atoms with Crippen molar-refractivity contribution in [2.45, 2.75) is 13.3 Å². The average Bonchev–Trinajstić information content (AvgIpc) is 2.52. The van der Waals surface area contributed by atoms with Crippen LogP contribution in [0.5, 0.6) is 5.75 Å². The number of carboxylic acids is 1. The van der Waals surface area contributed by atoms with Crippen LogP contribution in [0.25, 0.3) is 0 Å². The molecular formula is C13H17NO3. The van der Waals surface area contributed by atoms with E-state index in [9.17, 15) is 4.79 Å². The second-order valence-corrected chi connectivity index (χ2v) is 4.36. The number of benzene rings is 1. The van der Waals surface area contributed by atoms with Crippen molar-refractivity contribution in [1.29, 1.82) is 0 Å². The molecule has 1 N–H and O–H groups in total. The number of aliphatic carboxylic acids is 1. The van der Waals surface area contributed by atoms with E-state index < -0.39 is 5.97 Å². The van der Waals surface area contributed by atoms with Gasteiger partial charge < -0.3 is 14.7 Å². The predicted molar refractivity (Wildman–Crippen MR) is 65.6 cm³/mol. The maximum Gasteiger partial charge on any atom is 0.308 e. The van der Waals surface area contributed by atoms with Crippen LogP contribution in [-0.2, 0) is 4.79 Å². The van der Waals surface area contributed by atoms with Gasteiger partial charge >= 0.3 is 5.97 Å². The van der Waals surface area contributed by atoms with E-state index in [4.69, 9.17) is 9.84 Å². The molecule has 1 aromatic rings. The van der Waals surface area contributed by atoms with Gasteiger partial charge in [-0.25, -0.2) is 0 Å². The van der Waals surface area contributed by atoms with Gasteiger partial charge in [0, 0.05) is 13.1 Å². The minimum Gasteiger partial charge on any atom is -0.491 e. The monoisotopic (exact) mass is 235 g/mol. The van der Waals surface area contributed by atoms with Crippen molar-refractivity contribution < 1.29 is 14.6 Å². The summed E-state index contributed by atoms with van der Waals surface area (Å²) >= 11 is 0. The van der Waals surface area contributed by atoms with E-state index in [-0.39, 0.29) is 5.92 Å². The van der Waals surface area contributed by atoms with Crippen molar-refractivity contribution >= 4 is 11.7 Å². The second-order valence-electron chi connectivity index (χ2n) is 4.36. The second kappa shape index (κ2) is 5.08. The number of nitrogens with zero attached hydrogens (tertiary/aromatic N) is 1. The summed E-state index contributed by atoms with van der Waals surface area (Å²) in [5.41, 5.74) is 0.998. The highest BCUT2D eigenvalue weighted by Crippen LogP contribution is 2.30. The zero-order valence-corrected chi connectivity index (χ0v) is 9.93. The lowest BCUT2D eigenvalue weighted by Crippen LogP contribution is -2.32. The van der Waals surface area contributed by atoms with E-state index in [2.05, 4.69) is 4.90 Å². The molecular weight excluding hydrogens is 218 g/mol. The van der Waals surface area contributed by atoms with Crippen LogP contribution in [0.1, 0.15) is 13.3 Å². The zero-order chi connectivity index (χ0) is 12.3. The third kappa shape index (κ3) is 2.70. The van der Waals surface area contributed by atoms with Crippen LogP contribution in [0.3, 0.4) is 0 Å². The Bertz CT molecular complexity index is 405. The first-order valence-electron chi connectivity index (χ1n) is 5.88. The standard InChI is InChI=1S/C13H17NO3/c1-10(13(15)16)9-14-7-4-8-17-12-6-3-2-5-11(12)14/h2-3,5-6,10H,4,7-9H2,1H3,(H,15,16). The number of carbonyl (C=O) groups is 1. The predicted octanol–water partition coefficient (Wildman–Crippen LogP) is 2.00. The van der Waals surface area contributed by atoms with Gasteiger partial charge in [0.2, 0.25) is 0 Å². The molecule has 92 valence electrons. The van der Waals surface area contributed by atoms with Crippen LogP contribution < -0.4 is 9.64 Å². The third-order valence-corrected chi connectivity index (χ3v) is 2.95. The Morgan fingerprint density at radius 3 is 3.06 bits per heavy atom. The number of para-hydroxylation sites is 2. The normalized spacial score (nSPS) is 16.6. The summed E-state index contributed by atoms with van der Waals surface area (Å²) in [6.45, 7) is 3.79. The maximum atomic E-state index is 10.9. The molecule has 4 heteroatoms. The topological polar surface area (TPSA) is 49.8 Å². The molecule has 0 saturated carbocycles. The number of anilines is 1. The Morgan fingerprint density at radius 2 is 2.29 bits per heavy atom. The van der Waals surface area contributed by atoms with Crippen molar-refractivity contribution in [3.63, 3.8) is 0 Å². The van der Waals surface area contributed by atoms with Gasteiger partial charge in [-0.1, -0.05) is 19.1 Å². The maximum absolute atomic E-state index is 10.9. The van der Waals surface area contributed by atoms with Crippen LogP contribution in [0.2, 0.25) is 0 Å². The summed E-state index contributed by atoms with van der Waals surface area (Å²) in [6, 6.07) is 7.79. The molecule has 2 rings (SSSR count). The van der Waals surface area contributed by atoms with Gasteiger partial charge in [-0.2, -0.15) is 0 Å². The van der Waals surface area contributed by atoms with E-state index in [1.54, 1.807) is 6.92 Å². The molecule has 17 heavy (non-hydrogen) atoms. The van der Waals surface area contributed by atoms with Crippen LogP contribution >= 0.6 is 0 Å². The van der Waals surface area contributed by atoms with Crippen LogP contribution in [0, 0.1) is 5.92 Å². The minimum absolute atomic E-state index is 0.374. The molecule has 0 aromatic heterocycles. The number of hydrogen-bond acceptors (Lipinski definition) is 3. The van der Waals surface area contributed by atoms with Crippen molar-refractivity contribution in [1.82, 2.24) is 0 Å². The third-order valence-electron chi connectivity index (χ3n) is 2.95. The van der Waals surface area contributed by atoms with Gasteiger partial charge in [0.1, 0.15) is 5.75 Å². The SMILES string of the molecule is CC(CN1CCCOc2ccccc21)C(=O)O. The molecule has 1 heterocycles. The summed E-state index contributed by atoms with van der Waals surface area (Å²) < 4.78 is 5.63. The molecule has 0 aliphatic carbocycles. The Hall–Kier alpha value is -1.71. The molecule has 0 amide bonds. The van der Waals surface area contributed by atoms with E-state index in [1.807, 2.05) is 24.3 Å². The minimum atomic E-state index is -0.757. The number of rotatable bonds is 3. The molecule has 0 radical (unpaired) electrons. The highest BCUT2D eigenvalue weighted by Gasteiger charge is 2.20. The fourth-order valence-corrected chi connectivity index (χ4v) is 2.00. The van der Waals surface area contributed by atoms with E-state index in [1.165, 1.54) is 0 Å². The highest BCUT2D eigenvalue weighted by atomic mass is 16.5. The largest absolute Gasteiger partial charge is 0.491 e.